The molecule has 4 aliphatic rings. The van der Waals surface area contributed by atoms with Crippen molar-refractivity contribution in [2.24, 2.45) is 34.5 Å². The van der Waals surface area contributed by atoms with Crippen LogP contribution in [0.1, 0.15) is 72.1 Å². The number of hydrogen-bond acceptors (Lipinski definition) is 5. The van der Waals surface area contributed by atoms with Crippen molar-refractivity contribution in [3.8, 4) is 0 Å². The van der Waals surface area contributed by atoms with Crippen molar-refractivity contribution in [2.45, 2.75) is 77.9 Å². The van der Waals surface area contributed by atoms with Gasteiger partial charge in [-0.3, -0.25) is 9.35 Å². The molecule has 0 aromatic carbocycles. The number of aliphatic hydroxyl groups is 1. The second-order valence-corrected chi connectivity index (χ2v) is 11.2. The van der Waals surface area contributed by atoms with Crippen LogP contribution in [0.25, 0.3) is 0 Å². The molecule has 3 saturated carbocycles. The van der Waals surface area contributed by atoms with Gasteiger partial charge in [-0.2, -0.15) is 8.42 Å². The molecule has 4 rings (SSSR count). The number of Topliss-reactive ketones (excluding diaryl/α,β-unsaturated/α-hetero) is 1. The first-order valence-electron chi connectivity index (χ1n) is 10.5. The normalized spacial score (nSPS) is 46.6. The van der Waals surface area contributed by atoms with Gasteiger partial charge in [0.15, 0.2) is 11.6 Å². The van der Waals surface area contributed by atoms with Crippen LogP contribution in [0.4, 0.5) is 0 Å². The number of carbonyl (C=O) groups is 1. The van der Waals surface area contributed by atoms with E-state index in [1.807, 2.05) is 0 Å². The molecule has 2 N–H and O–H groups in total. The van der Waals surface area contributed by atoms with Gasteiger partial charge in [-0.1, -0.05) is 19.9 Å². The molecule has 0 spiro atoms. The van der Waals surface area contributed by atoms with Crippen LogP contribution in [0.15, 0.2) is 11.6 Å². The average molecular weight is 437 g/mol. The Morgan fingerprint density at radius 1 is 1.14 bits per heavy atom. The zero-order valence-electron chi connectivity index (χ0n) is 17.0. The van der Waals surface area contributed by atoms with Crippen molar-refractivity contribution < 1.29 is 27.1 Å². The monoisotopic (exact) mass is 436 g/mol. The zero-order valence-corrected chi connectivity index (χ0v) is 17.8. The molecule has 0 aromatic heterocycles. The SMILES string of the molecule is CC(=O)C1=CCC2[C@H]3CC[C@H]4C[C@](O)(OS(=O)(=O)O)CC[C@]4(C)[C@@H]3CC[C@]12C.[NaH]. The first-order valence-corrected chi connectivity index (χ1v) is 11.9. The summed E-state index contributed by atoms with van der Waals surface area (Å²) in [6, 6.07) is 0. The molecule has 0 amide bonds. The molecule has 6 nitrogen and oxygen atoms in total. The summed E-state index contributed by atoms with van der Waals surface area (Å²) in [7, 11) is -4.69. The number of rotatable bonds is 3. The quantitative estimate of drug-likeness (QED) is 0.401. The average Bonchev–Trinajstić information content (AvgIpc) is 2.91. The third-order valence-electron chi connectivity index (χ3n) is 8.91. The van der Waals surface area contributed by atoms with E-state index in [2.05, 4.69) is 24.1 Å². The van der Waals surface area contributed by atoms with E-state index < -0.39 is 16.2 Å². The zero-order chi connectivity index (χ0) is 20.5. The van der Waals surface area contributed by atoms with E-state index in [0.29, 0.717) is 24.2 Å². The van der Waals surface area contributed by atoms with Gasteiger partial charge < -0.3 is 5.11 Å². The van der Waals surface area contributed by atoms with Gasteiger partial charge in [0.05, 0.1) is 0 Å². The molecule has 0 heterocycles. The number of hydrogen-bond donors (Lipinski definition) is 2. The van der Waals surface area contributed by atoms with Gasteiger partial charge in [-0.15, -0.1) is 0 Å². The van der Waals surface area contributed by atoms with Crippen LogP contribution in [-0.4, -0.2) is 59.2 Å². The predicted octanol–water partition coefficient (Wildman–Crippen LogP) is 3.01. The van der Waals surface area contributed by atoms with Crippen LogP contribution in [0.2, 0.25) is 0 Å². The summed E-state index contributed by atoms with van der Waals surface area (Å²) in [5, 5.41) is 10.6. The van der Waals surface area contributed by atoms with Crippen LogP contribution in [0, 0.1) is 34.5 Å². The fourth-order valence-corrected chi connectivity index (χ4v) is 8.14. The molecule has 0 bridgehead atoms. The molecule has 0 saturated heterocycles. The molecule has 29 heavy (non-hydrogen) atoms. The summed E-state index contributed by atoms with van der Waals surface area (Å²) in [5.74, 6) is 0.136. The molecule has 3 fully saturated rings. The van der Waals surface area contributed by atoms with Gasteiger partial charge in [0, 0.05) is 12.8 Å². The van der Waals surface area contributed by atoms with Gasteiger partial charge in [-0.25, -0.2) is 4.18 Å². The molecule has 0 aromatic rings. The minimum absolute atomic E-state index is 0. The van der Waals surface area contributed by atoms with Gasteiger partial charge >= 0.3 is 40.0 Å². The van der Waals surface area contributed by atoms with Crippen LogP contribution >= 0.6 is 0 Å². The number of fused-ring (bicyclic) bond motifs is 5. The fourth-order valence-electron chi connectivity index (χ4n) is 7.60. The minimum atomic E-state index is -4.69. The summed E-state index contributed by atoms with van der Waals surface area (Å²) in [4.78, 5) is 12.2. The van der Waals surface area contributed by atoms with E-state index >= 15 is 0 Å². The Morgan fingerprint density at radius 3 is 2.45 bits per heavy atom. The van der Waals surface area contributed by atoms with Gasteiger partial charge in [-0.05, 0) is 85.5 Å². The van der Waals surface area contributed by atoms with E-state index in [4.69, 9.17) is 4.55 Å². The van der Waals surface area contributed by atoms with E-state index in [9.17, 15) is 18.3 Å². The van der Waals surface area contributed by atoms with Crippen LogP contribution in [-0.2, 0) is 19.4 Å². The Morgan fingerprint density at radius 2 is 1.83 bits per heavy atom. The van der Waals surface area contributed by atoms with Crippen LogP contribution < -0.4 is 0 Å². The van der Waals surface area contributed by atoms with E-state index in [1.165, 1.54) is 0 Å². The van der Waals surface area contributed by atoms with Crippen LogP contribution in [0.3, 0.4) is 0 Å². The van der Waals surface area contributed by atoms with Crippen molar-refractivity contribution in [3.05, 3.63) is 11.6 Å². The molecule has 160 valence electrons. The standard InChI is InChI=1S/C21H32O6S.Na.H/c1-13(22)16-6-7-17-15-5-4-14-12-21(23,27-28(24,25)26)11-10-19(14,2)18(15)8-9-20(16,17)3;;/h6,14-15,17-18,23H,4-5,7-12H2,1-3H3,(H,24,25,26);;/t14-,15+,17?,18+,19-,20+,21+;;/m0../s1. The summed E-state index contributed by atoms with van der Waals surface area (Å²) >= 11 is 0. The third kappa shape index (κ3) is 3.94. The van der Waals surface area contributed by atoms with Gasteiger partial charge in [0.1, 0.15) is 0 Å². The Labute approximate surface area is 196 Å². The Kier molecular flexibility index (Phi) is 6.33. The molecule has 0 aliphatic heterocycles. The second kappa shape index (κ2) is 7.68. The van der Waals surface area contributed by atoms with E-state index in [1.54, 1.807) is 6.92 Å². The molecule has 4 aliphatic carbocycles. The summed E-state index contributed by atoms with van der Waals surface area (Å²) in [6.07, 6.45) is 8.30. The van der Waals surface area contributed by atoms with Crippen molar-refractivity contribution in [2.75, 3.05) is 0 Å². The molecule has 1 unspecified atom stereocenters. The van der Waals surface area contributed by atoms with Crippen molar-refractivity contribution >= 4 is 45.7 Å². The van der Waals surface area contributed by atoms with Gasteiger partial charge in [0.25, 0.3) is 0 Å². The molecular weight excluding hydrogens is 403 g/mol. The first kappa shape index (κ1) is 23.9. The number of carbonyl (C=O) groups excluding carboxylic acids is 1. The Hall–Kier alpha value is 0.240. The maximum absolute atomic E-state index is 12.2. The molecule has 0 radical (unpaired) electrons. The van der Waals surface area contributed by atoms with E-state index in [0.717, 1.165) is 37.7 Å². The maximum atomic E-state index is 12.2. The molecule has 8 heteroatoms. The van der Waals surface area contributed by atoms with Gasteiger partial charge in [0.2, 0.25) is 0 Å². The van der Waals surface area contributed by atoms with Crippen molar-refractivity contribution in [1.82, 2.24) is 0 Å². The third-order valence-corrected chi connectivity index (χ3v) is 9.43. The Balaban J connectivity index is 0.00000240. The predicted molar refractivity (Wildman–Crippen MR) is 111 cm³/mol. The van der Waals surface area contributed by atoms with Crippen molar-refractivity contribution in [3.63, 3.8) is 0 Å². The summed E-state index contributed by atoms with van der Waals surface area (Å²) in [5.41, 5.74) is 1.03. The summed E-state index contributed by atoms with van der Waals surface area (Å²) < 4.78 is 36.0. The molecular formula is C21H33NaO6S. The van der Waals surface area contributed by atoms with Crippen LogP contribution in [0.5, 0.6) is 0 Å². The first-order chi connectivity index (χ1) is 12.9. The van der Waals surface area contributed by atoms with E-state index in [-0.39, 0.29) is 64.9 Å². The second-order valence-electron chi connectivity index (χ2n) is 10.2. The summed E-state index contributed by atoms with van der Waals surface area (Å²) in [6.45, 7) is 6.24. The number of ketones is 1. The Bertz CT molecular complexity index is 825. The topological polar surface area (TPSA) is 101 Å². The number of allylic oxidation sites excluding steroid dienone is 2. The fraction of sp³-hybridized carbons (Fsp3) is 0.857. The molecule has 7 atom stereocenters. The van der Waals surface area contributed by atoms with Crippen molar-refractivity contribution in [1.29, 1.82) is 0 Å².